The van der Waals surface area contributed by atoms with E-state index in [1.165, 1.54) is 0 Å². The summed E-state index contributed by atoms with van der Waals surface area (Å²) in [6.07, 6.45) is 3.54. The van der Waals surface area contributed by atoms with E-state index in [1.807, 2.05) is 23.9 Å². The van der Waals surface area contributed by atoms with Crippen LogP contribution in [0.4, 0.5) is 0 Å². The molecule has 2 aromatic rings. The molecule has 0 bridgehead atoms. The van der Waals surface area contributed by atoms with Gasteiger partial charge in [-0.05, 0) is 61.4 Å². The Hall–Kier alpha value is -3.42. The minimum atomic E-state index is 0.127. The lowest BCUT2D eigenvalue weighted by atomic mass is 10.2. The number of rotatable bonds is 8. The van der Waals surface area contributed by atoms with Gasteiger partial charge in [0.25, 0.3) is 0 Å². The van der Waals surface area contributed by atoms with Crippen LogP contribution in [0.5, 0.6) is 23.0 Å². The van der Waals surface area contributed by atoms with E-state index in [0.29, 0.717) is 24.7 Å². The largest absolute Gasteiger partial charge is 0.504 e. The van der Waals surface area contributed by atoms with Gasteiger partial charge in [0.05, 0.1) is 51.8 Å². The van der Waals surface area contributed by atoms with Crippen molar-refractivity contribution in [2.75, 3.05) is 39.4 Å². The summed E-state index contributed by atoms with van der Waals surface area (Å²) in [5.74, 6) is 1.18. The molecule has 2 aromatic carbocycles. The zero-order valence-corrected chi connectivity index (χ0v) is 17.4. The van der Waals surface area contributed by atoms with Gasteiger partial charge >= 0.3 is 0 Å². The second kappa shape index (κ2) is 10.4. The molecule has 160 valence electrons. The van der Waals surface area contributed by atoms with Crippen molar-refractivity contribution in [2.24, 2.45) is 10.2 Å². The molecule has 0 radical (unpaired) electrons. The molecule has 1 heterocycles. The summed E-state index contributed by atoms with van der Waals surface area (Å²) < 4.78 is 10.8. The first-order chi connectivity index (χ1) is 14.6. The van der Waals surface area contributed by atoms with Gasteiger partial charge < -0.3 is 19.7 Å². The van der Waals surface area contributed by atoms with Crippen molar-refractivity contribution in [2.45, 2.75) is 13.8 Å². The highest BCUT2D eigenvalue weighted by atomic mass is 16.5. The average molecular weight is 412 g/mol. The molecule has 1 saturated heterocycles. The van der Waals surface area contributed by atoms with Crippen molar-refractivity contribution in [1.29, 1.82) is 0 Å². The van der Waals surface area contributed by atoms with Crippen molar-refractivity contribution in [1.82, 2.24) is 10.0 Å². The molecule has 0 saturated carbocycles. The Morgan fingerprint density at radius 1 is 0.767 bits per heavy atom. The average Bonchev–Trinajstić information content (AvgIpc) is 2.76. The second-order valence-corrected chi connectivity index (χ2v) is 6.72. The molecule has 1 fully saturated rings. The number of hydrogen-bond acceptors (Lipinski definition) is 8. The first kappa shape index (κ1) is 21.3. The van der Waals surface area contributed by atoms with Gasteiger partial charge in [-0.15, -0.1) is 0 Å². The molecule has 1 aliphatic heterocycles. The Bertz CT molecular complexity index is 819. The highest BCUT2D eigenvalue weighted by molar-refractivity contribution is 5.81. The van der Waals surface area contributed by atoms with Gasteiger partial charge in [-0.2, -0.15) is 10.2 Å². The summed E-state index contributed by atoms with van der Waals surface area (Å²) in [5.41, 5.74) is 1.74. The van der Waals surface area contributed by atoms with E-state index in [2.05, 4.69) is 10.2 Å². The summed E-state index contributed by atoms with van der Waals surface area (Å²) in [5, 5.41) is 32.6. The Balaban J connectivity index is 1.52. The number of piperazine rings is 1. The summed E-state index contributed by atoms with van der Waals surface area (Å²) in [6, 6.07) is 10.4. The third-order valence-corrected chi connectivity index (χ3v) is 4.54. The maximum absolute atomic E-state index is 9.78. The van der Waals surface area contributed by atoms with Crippen LogP contribution < -0.4 is 9.47 Å². The Morgan fingerprint density at radius 2 is 1.17 bits per heavy atom. The molecule has 0 atom stereocenters. The number of hydrazone groups is 2. The van der Waals surface area contributed by atoms with Gasteiger partial charge in [-0.3, -0.25) is 10.0 Å². The van der Waals surface area contributed by atoms with Crippen LogP contribution in [0.15, 0.2) is 46.6 Å². The Kier molecular flexibility index (Phi) is 7.37. The summed E-state index contributed by atoms with van der Waals surface area (Å²) in [4.78, 5) is 0. The van der Waals surface area contributed by atoms with Crippen molar-refractivity contribution < 1.29 is 19.7 Å². The number of phenolic OH excluding ortho intramolecular Hbond substituents is 2. The first-order valence-electron chi connectivity index (χ1n) is 10.1. The maximum Gasteiger partial charge on any atom is 0.161 e. The lowest BCUT2D eigenvalue weighted by molar-refractivity contribution is 0.141. The lowest BCUT2D eigenvalue weighted by Gasteiger charge is -2.31. The normalized spacial score (nSPS) is 14.6. The zero-order chi connectivity index (χ0) is 21.3. The minimum Gasteiger partial charge on any atom is -0.504 e. The van der Waals surface area contributed by atoms with Crippen molar-refractivity contribution in [3.05, 3.63) is 47.5 Å². The summed E-state index contributed by atoms with van der Waals surface area (Å²) in [6.45, 7) is 7.76. The predicted octanol–water partition coefficient (Wildman–Crippen LogP) is 2.88. The summed E-state index contributed by atoms with van der Waals surface area (Å²) >= 11 is 0. The van der Waals surface area contributed by atoms with Crippen molar-refractivity contribution in [3.63, 3.8) is 0 Å². The van der Waals surface area contributed by atoms with Crippen LogP contribution in [0, 0.1) is 0 Å². The fraction of sp³-hybridized carbons (Fsp3) is 0.364. The Labute approximate surface area is 176 Å². The summed E-state index contributed by atoms with van der Waals surface area (Å²) in [7, 11) is 0. The van der Waals surface area contributed by atoms with Gasteiger partial charge in [0.1, 0.15) is 0 Å². The molecule has 2 N–H and O–H groups in total. The maximum atomic E-state index is 9.78. The van der Waals surface area contributed by atoms with Crippen LogP contribution in [0.3, 0.4) is 0 Å². The van der Waals surface area contributed by atoms with Crippen LogP contribution >= 0.6 is 0 Å². The molecule has 0 aliphatic carbocycles. The number of nitrogens with zero attached hydrogens (tertiary/aromatic N) is 4. The number of ether oxygens (including phenoxy) is 2. The lowest BCUT2D eigenvalue weighted by Crippen LogP contribution is -2.41. The standard InChI is InChI=1S/C22H28N4O4/c1-3-29-21-13-17(5-7-19(21)27)15-23-25-9-11-26(12-10-25)24-16-18-6-8-20(28)22(14-18)30-4-2/h5-8,13-16,27-28H,3-4,9-12H2,1-2H3/b23-15-,24-16-. The van der Waals surface area contributed by atoms with E-state index < -0.39 is 0 Å². The third kappa shape index (κ3) is 5.79. The van der Waals surface area contributed by atoms with Crippen molar-refractivity contribution in [3.8, 4) is 23.0 Å². The molecule has 0 spiro atoms. The van der Waals surface area contributed by atoms with Gasteiger partial charge in [-0.25, -0.2) is 0 Å². The van der Waals surface area contributed by atoms with Gasteiger partial charge in [0.15, 0.2) is 23.0 Å². The van der Waals surface area contributed by atoms with Gasteiger partial charge in [0, 0.05) is 0 Å². The topological polar surface area (TPSA) is 90.1 Å². The second-order valence-electron chi connectivity index (χ2n) is 6.72. The van der Waals surface area contributed by atoms with E-state index >= 15 is 0 Å². The fourth-order valence-electron chi connectivity index (χ4n) is 2.98. The van der Waals surface area contributed by atoms with E-state index in [-0.39, 0.29) is 11.5 Å². The van der Waals surface area contributed by atoms with E-state index in [4.69, 9.17) is 9.47 Å². The SMILES string of the molecule is CCOc1cc(/C=N\N2CCN(/N=C\c3ccc(O)c(OCC)c3)CC2)ccc1O. The van der Waals surface area contributed by atoms with Crippen LogP contribution in [-0.4, -0.2) is 72.1 Å². The van der Waals surface area contributed by atoms with Crippen LogP contribution in [0.2, 0.25) is 0 Å². The van der Waals surface area contributed by atoms with Gasteiger partial charge in [0.2, 0.25) is 0 Å². The third-order valence-electron chi connectivity index (χ3n) is 4.54. The highest BCUT2D eigenvalue weighted by Crippen LogP contribution is 2.27. The molecule has 0 amide bonds. The van der Waals surface area contributed by atoms with Crippen molar-refractivity contribution >= 4 is 12.4 Å². The quantitative estimate of drug-likeness (QED) is 0.648. The smallest absolute Gasteiger partial charge is 0.161 e. The molecule has 8 heteroatoms. The van der Waals surface area contributed by atoms with E-state index in [0.717, 1.165) is 37.3 Å². The van der Waals surface area contributed by atoms with Crippen LogP contribution in [-0.2, 0) is 0 Å². The number of benzene rings is 2. The molecule has 3 rings (SSSR count). The number of aromatic hydroxyl groups is 2. The molecular weight excluding hydrogens is 384 g/mol. The van der Waals surface area contributed by atoms with E-state index in [9.17, 15) is 10.2 Å². The molecule has 0 aromatic heterocycles. The number of hydrogen-bond donors (Lipinski definition) is 2. The van der Waals surface area contributed by atoms with Crippen LogP contribution in [0.25, 0.3) is 0 Å². The van der Waals surface area contributed by atoms with Gasteiger partial charge in [-0.1, -0.05) is 0 Å². The molecule has 8 nitrogen and oxygen atoms in total. The highest BCUT2D eigenvalue weighted by Gasteiger charge is 2.13. The predicted molar refractivity (Wildman–Crippen MR) is 117 cm³/mol. The fourth-order valence-corrected chi connectivity index (χ4v) is 2.98. The number of phenols is 2. The van der Waals surface area contributed by atoms with Crippen LogP contribution in [0.1, 0.15) is 25.0 Å². The molecule has 0 unspecified atom stereocenters. The Morgan fingerprint density at radius 3 is 1.53 bits per heavy atom. The first-order valence-corrected chi connectivity index (χ1v) is 10.1. The zero-order valence-electron chi connectivity index (χ0n) is 17.4. The molecule has 1 aliphatic rings. The molecular formula is C22H28N4O4. The molecule has 30 heavy (non-hydrogen) atoms. The van der Waals surface area contributed by atoms with E-state index in [1.54, 1.807) is 48.8 Å². The monoisotopic (exact) mass is 412 g/mol. The minimum absolute atomic E-state index is 0.127.